The highest BCUT2D eigenvalue weighted by Gasteiger charge is 2.13. The number of aromatic nitrogens is 1. The number of halogens is 1. The van der Waals surface area contributed by atoms with Gasteiger partial charge in [0.2, 0.25) is 0 Å². The third kappa shape index (κ3) is 3.92. The van der Waals surface area contributed by atoms with E-state index in [0.717, 1.165) is 52.1 Å². The Morgan fingerprint density at radius 1 is 1.20 bits per heavy atom. The Bertz CT molecular complexity index is 860. The SMILES string of the molecule is CCN(CCO)CCCOc1ccc(Cl)c2c1[nH]c1ccc(C)cc12. The Morgan fingerprint density at radius 3 is 2.80 bits per heavy atom. The number of aliphatic hydroxyl groups is 1. The first-order chi connectivity index (χ1) is 12.1. The molecule has 0 aliphatic rings. The first-order valence-electron chi connectivity index (χ1n) is 8.80. The smallest absolute Gasteiger partial charge is 0.143 e. The molecule has 2 N–H and O–H groups in total. The van der Waals surface area contributed by atoms with Crippen molar-refractivity contribution >= 4 is 33.4 Å². The minimum absolute atomic E-state index is 0.195. The summed E-state index contributed by atoms with van der Waals surface area (Å²) < 4.78 is 6.03. The predicted molar refractivity (Wildman–Crippen MR) is 105 cm³/mol. The summed E-state index contributed by atoms with van der Waals surface area (Å²) in [5.74, 6) is 0.832. The molecule has 0 amide bonds. The zero-order valence-electron chi connectivity index (χ0n) is 14.8. The molecule has 0 bridgehead atoms. The first kappa shape index (κ1) is 18.1. The van der Waals surface area contributed by atoms with Crippen molar-refractivity contribution in [3.05, 3.63) is 40.9 Å². The molecule has 1 aromatic heterocycles. The molecule has 0 saturated heterocycles. The molecule has 0 spiro atoms. The van der Waals surface area contributed by atoms with Gasteiger partial charge in [-0.1, -0.05) is 30.2 Å². The molecule has 0 saturated carbocycles. The average molecular weight is 361 g/mol. The standard InChI is InChI=1S/C20H25ClN2O2/c1-3-23(10-11-24)9-4-12-25-18-8-6-16(21)19-15-13-14(2)5-7-17(15)22-20(18)19/h5-8,13,22,24H,3-4,9-12H2,1-2H3. The second-order valence-electron chi connectivity index (χ2n) is 6.33. The van der Waals surface area contributed by atoms with Crippen LogP contribution in [0.2, 0.25) is 5.02 Å². The van der Waals surface area contributed by atoms with Crippen LogP contribution >= 0.6 is 11.6 Å². The van der Waals surface area contributed by atoms with Crippen molar-refractivity contribution in [1.29, 1.82) is 0 Å². The minimum Gasteiger partial charge on any atom is -0.491 e. The lowest BCUT2D eigenvalue weighted by Gasteiger charge is -2.18. The van der Waals surface area contributed by atoms with Gasteiger partial charge in [0.05, 0.1) is 23.8 Å². The van der Waals surface area contributed by atoms with E-state index in [1.54, 1.807) is 0 Å². The Morgan fingerprint density at radius 2 is 2.04 bits per heavy atom. The summed E-state index contributed by atoms with van der Waals surface area (Å²) in [6.45, 7) is 7.58. The van der Waals surface area contributed by atoms with Gasteiger partial charge in [-0.25, -0.2) is 0 Å². The quantitative estimate of drug-likeness (QED) is 0.586. The molecule has 5 heteroatoms. The van der Waals surface area contributed by atoms with Crippen molar-refractivity contribution in [3.63, 3.8) is 0 Å². The molecule has 4 nitrogen and oxygen atoms in total. The van der Waals surface area contributed by atoms with Gasteiger partial charge in [-0.15, -0.1) is 0 Å². The summed E-state index contributed by atoms with van der Waals surface area (Å²) in [6.07, 6.45) is 0.914. The van der Waals surface area contributed by atoms with Crippen LogP contribution in [0.5, 0.6) is 5.75 Å². The largest absolute Gasteiger partial charge is 0.491 e. The molecule has 1 heterocycles. The number of aryl methyl sites for hydroxylation is 1. The van der Waals surface area contributed by atoms with Crippen molar-refractivity contribution in [1.82, 2.24) is 9.88 Å². The Kier molecular flexibility index (Phi) is 5.84. The lowest BCUT2D eigenvalue weighted by Crippen LogP contribution is -2.28. The van der Waals surface area contributed by atoms with Crippen LogP contribution in [-0.4, -0.2) is 47.8 Å². The number of rotatable bonds is 8. The van der Waals surface area contributed by atoms with Gasteiger partial charge < -0.3 is 19.7 Å². The van der Waals surface area contributed by atoms with Gasteiger partial charge in [-0.3, -0.25) is 0 Å². The summed E-state index contributed by atoms with van der Waals surface area (Å²) in [7, 11) is 0. The lowest BCUT2D eigenvalue weighted by molar-refractivity contribution is 0.189. The van der Waals surface area contributed by atoms with Gasteiger partial charge in [0, 0.05) is 29.4 Å². The van der Waals surface area contributed by atoms with Gasteiger partial charge in [0.15, 0.2) is 0 Å². The summed E-state index contributed by atoms with van der Waals surface area (Å²) in [5, 5.41) is 11.9. The number of hydrogen-bond acceptors (Lipinski definition) is 3. The summed E-state index contributed by atoms with van der Waals surface area (Å²) in [5.41, 5.74) is 3.23. The average Bonchev–Trinajstić information content (AvgIpc) is 2.99. The van der Waals surface area contributed by atoms with E-state index < -0.39 is 0 Å². The van der Waals surface area contributed by atoms with Crippen LogP contribution in [0.25, 0.3) is 21.8 Å². The third-order valence-corrected chi connectivity index (χ3v) is 4.87. The van der Waals surface area contributed by atoms with Gasteiger partial charge in [-0.05, 0) is 44.2 Å². The second-order valence-corrected chi connectivity index (χ2v) is 6.74. The third-order valence-electron chi connectivity index (χ3n) is 4.56. The maximum Gasteiger partial charge on any atom is 0.143 e. The summed E-state index contributed by atoms with van der Waals surface area (Å²) in [6, 6.07) is 10.2. The van der Waals surface area contributed by atoms with E-state index in [0.29, 0.717) is 13.2 Å². The second kappa shape index (κ2) is 8.09. The maximum absolute atomic E-state index is 9.05. The number of fused-ring (bicyclic) bond motifs is 3. The molecule has 134 valence electrons. The molecule has 0 unspecified atom stereocenters. The number of aromatic amines is 1. The fourth-order valence-corrected chi connectivity index (χ4v) is 3.47. The van der Waals surface area contributed by atoms with E-state index in [1.165, 1.54) is 5.56 Å². The van der Waals surface area contributed by atoms with Crippen LogP contribution in [0, 0.1) is 6.92 Å². The predicted octanol–water partition coefficient (Wildman–Crippen LogP) is 4.37. The molecular formula is C20H25ClN2O2. The van der Waals surface area contributed by atoms with Crippen molar-refractivity contribution in [2.24, 2.45) is 0 Å². The van der Waals surface area contributed by atoms with Gasteiger partial charge in [0.1, 0.15) is 5.75 Å². The Balaban J connectivity index is 1.78. The molecule has 0 atom stereocenters. The topological polar surface area (TPSA) is 48.5 Å². The fraction of sp³-hybridized carbons (Fsp3) is 0.400. The number of likely N-dealkylation sites (N-methyl/N-ethyl adjacent to an activating group) is 1. The van der Waals surface area contributed by atoms with E-state index in [4.69, 9.17) is 21.4 Å². The lowest BCUT2D eigenvalue weighted by atomic mass is 10.1. The molecule has 2 aromatic carbocycles. The molecular weight excluding hydrogens is 336 g/mol. The molecule has 3 rings (SSSR count). The van der Waals surface area contributed by atoms with Gasteiger partial charge >= 0.3 is 0 Å². The van der Waals surface area contributed by atoms with Gasteiger partial charge in [0.25, 0.3) is 0 Å². The van der Waals surface area contributed by atoms with E-state index >= 15 is 0 Å². The highest BCUT2D eigenvalue weighted by atomic mass is 35.5. The van der Waals surface area contributed by atoms with Crippen LogP contribution in [0.4, 0.5) is 0 Å². The number of ether oxygens (including phenoxy) is 1. The molecule has 0 aliphatic carbocycles. The van der Waals surface area contributed by atoms with Crippen LogP contribution < -0.4 is 4.74 Å². The van der Waals surface area contributed by atoms with E-state index in [1.807, 2.05) is 12.1 Å². The first-order valence-corrected chi connectivity index (χ1v) is 9.18. The number of benzene rings is 2. The Labute approximate surface area is 153 Å². The maximum atomic E-state index is 9.05. The molecule has 0 radical (unpaired) electrons. The van der Waals surface area contributed by atoms with Crippen LogP contribution in [-0.2, 0) is 0 Å². The van der Waals surface area contributed by atoms with Crippen molar-refractivity contribution in [3.8, 4) is 5.75 Å². The number of nitrogens with zero attached hydrogens (tertiary/aromatic N) is 1. The zero-order chi connectivity index (χ0) is 17.8. The number of H-pyrrole nitrogens is 1. The Hall–Kier alpha value is -1.75. The molecule has 3 aromatic rings. The zero-order valence-corrected chi connectivity index (χ0v) is 15.6. The number of nitrogens with one attached hydrogen (secondary N) is 1. The number of aliphatic hydroxyl groups excluding tert-OH is 1. The van der Waals surface area contributed by atoms with Crippen LogP contribution in [0.1, 0.15) is 18.9 Å². The fourth-order valence-electron chi connectivity index (χ4n) is 3.21. The van der Waals surface area contributed by atoms with Crippen LogP contribution in [0.3, 0.4) is 0 Å². The monoisotopic (exact) mass is 360 g/mol. The summed E-state index contributed by atoms with van der Waals surface area (Å²) in [4.78, 5) is 5.66. The normalized spacial score (nSPS) is 11.7. The summed E-state index contributed by atoms with van der Waals surface area (Å²) >= 11 is 6.45. The van der Waals surface area contributed by atoms with E-state index in [-0.39, 0.29) is 6.61 Å². The van der Waals surface area contributed by atoms with Crippen molar-refractivity contribution < 1.29 is 9.84 Å². The molecule has 0 aliphatic heterocycles. The molecule has 25 heavy (non-hydrogen) atoms. The van der Waals surface area contributed by atoms with Gasteiger partial charge in [-0.2, -0.15) is 0 Å². The van der Waals surface area contributed by atoms with E-state index in [9.17, 15) is 0 Å². The number of hydrogen-bond donors (Lipinski definition) is 2. The molecule has 0 fully saturated rings. The minimum atomic E-state index is 0.195. The van der Waals surface area contributed by atoms with Crippen molar-refractivity contribution in [2.75, 3.05) is 32.8 Å². The highest BCUT2D eigenvalue weighted by Crippen LogP contribution is 2.37. The van der Waals surface area contributed by atoms with E-state index in [2.05, 4.69) is 41.9 Å². The highest BCUT2D eigenvalue weighted by molar-refractivity contribution is 6.38. The van der Waals surface area contributed by atoms with Crippen LogP contribution in [0.15, 0.2) is 30.3 Å². The van der Waals surface area contributed by atoms with Crippen molar-refractivity contribution in [2.45, 2.75) is 20.3 Å².